The average molecular weight is 496 g/mol. The maximum Gasteiger partial charge on any atom is 0.317 e. The van der Waals surface area contributed by atoms with Gasteiger partial charge in [-0.2, -0.15) is 0 Å². The first kappa shape index (κ1) is 27.7. The summed E-state index contributed by atoms with van der Waals surface area (Å²) >= 11 is 0. The standard InChI is InChI=1S/C29H41N3O4/c1-19(2)22(5)30-29(35)31(6)16-27-20(3)15-32(21(4)17-33)28(34)26-14-10-9-13-25(26)24-12-8-7-11-23(24)18-36-27/h7-14,19-22,27,33H,15-18H2,1-6H3,(H,30,35)/t20-,21-,22+,27-/m1/s1. The molecule has 0 fully saturated rings. The van der Waals surface area contributed by atoms with E-state index < -0.39 is 0 Å². The zero-order chi connectivity index (χ0) is 26.4. The highest BCUT2D eigenvalue weighted by Gasteiger charge is 2.31. The second-order valence-electron chi connectivity index (χ2n) is 10.4. The van der Waals surface area contributed by atoms with Crippen molar-refractivity contribution in [2.45, 2.75) is 59.4 Å². The Morgan fingerprint density at radius 1 is 1.08 bits per heavy atom. The van der Waals surface area contributed by atoms with Crippen LogP contribution in [0.5, 0.6) is 0 Å². The third-order valence-corrected chi connectivity index (χ3v) is 7.25. The molecule has 196 valence electrons. The lowest BCUT2D eigenvalue weighted by molar-refractivity contribution is -0.0185. The lowest BCUT2D eigenvalue weighted by Gasteiger charge is -2.35. The number of ether oxygens (including phenoxy) is 1. The van der Waals surface area contributed by atoms with Crippen LogP contribution in [0.2, 0.25) is 0 Å². The number of amides is 3. The monoisotopic (exact) mass is 495 g/mol. The van der Waals surface area contributed by atoms with Crippen molar-refractivity contribution in [3.8, 4) is 11.1 Å². The Balaban J connectivity index is 1.97. The lowest BCUT2D eigenvalue weighted by atomic mass is 9.94. The van der Waals surface area contributed by atoms with Gasteiger partial charge in [-0.05, 0) is 42.5 Å². The van der Waals surface area contributed by atoms with Crippen LogP contribution in [-0.4, -0.2) is 71.8 Å². The maximum atomic E-state index is 13.8. The van der Waals surface area contributed by atoms with Crippen LogP contribution < -0.4 is 5.32 Å². The Morgan fingerprint density at radius 3 is 2.33 bits per heavy atom. The predicted octanol–water partition coefficient (Wildman–Crippen LogP) is 4.40. The smallest absolute Gasteiger partial charge is 0.317 e. The first-order valence-corrected chi connectivity index (χ1v) is 12.9. The number of aliphatic hydroxyl groups is 1. The number of aliphatic hydroxyl groups excluding tert-OH is 1. The molecule has 0 spiro atoms. The van der Waals surface area contributed by atoms with E-state index in [1.54, 1.807) is 16.8 Å². The van der Waals surface area contributed by atoms with Crippen molar-refractivity contribution in [3.63, 3.8) is 0 Å². The fraction of sp³-hybridized carbons (Fsp3) is 0.517. The summed E-state index contributed by atoms with van der Waals surface area (Å²) in [7, 11) is 1.77. The minimum Gasteiger partial charge on any atom is -0.394 e. The summed E-state index contributed by atoms with van der Waals surface area (Å²) in [6, 6.07) is 15.1. The van der Waals surface area contributed by atoms with Gasteiger partial charge in [-0.1, -0.05) is 63.2 Å². The van der Waals surface area contributed by atoms with Gasteiger partial charge >= 0.3 is 6.03 Å². The van der Waals surface area contributed by atoms with E-state index in [2.05, 4.69) is 19.2 Å². The largest absolute Gasteiger partial charge is 0.394 e. The molecular formula is C29H41N3O4. The number of nitrogens with zero attached hydrogens (tertiary/aromatic N) is 2. The highest BCUT2D eigenvalue weighted by Crippen LogP contribution is 2.31. The van der Waals surface area contributed by atoms with E-state index in [0.29, 0.717) is 31.2 Å². The third-order valence-electron chi connectivity index (χ3n) is 7.25. The van der Waals surface area contributed by atoms with Gasteiger partial charge in [0.15, 0.2) is 0 Å². The number of carbonyl (C=O) groups is 2. The van der Waals surface area contributed by atoms with E-state index in [1.807, 2.05) is 69.3 Å². The average Bonchev–Trinajstić information content (AvgIpc) is 2.89. The molecule has 0 bridgehead atoms. The Labute approximate surface area is 215 Å². The SMILES string of the molecule is CC(C)[C@H](C)NC(=O)N(C)C[C@H]1OCc2ccccc2-c2ccccc2C(=O)N([C@H](C)CO)C[C@H]1C. The number of hydrogen-bond donors (Lipinski definition) is 2. The molecule has 0 radical (unpaired) electrons. The molecule has 2 aromatic carbocycles. The number of urea groups is 1. The predicted molar refractivity (Wildman–Crippen MR) is 143 cm³/mol. The van der Waals surface area contributed by atoms with Crippen LogP contribution in [0.3, 0.4) is 0 Å². The number of rotatable bonds is 6. The first-order chi connectivity index (χ1) is 17.1. The Hall–Kier alpha value is -2.90. The van der Waals surface area contributed by atoms with Gasteiger partial charge in [0, 0.05) is 37.7 Å². The summed E-state index contributed by atoms with van der Waals surface area (Å²) in [5.74, 6) is 0.122. The van der Waals surface area contributed by atoms with Crippen molar-refractivity contribution in [3.05, 3.63) is 59.7 Å². The van der Waals surface area contributed by atoms with Crippen molar-refractivity contribution in [2.75, 3.05) is 26.7 Å². The molecule has 3 amide bonds. The van der Waals surface area contributed by atoms with Gasteiger partial charge in [0.25, 0.3) is 5.91 Å². The molecule has 2 aromatic rings. The number of likely N-dealkylation sites (N-methyl/N-ethyl adjacent to an activating group) is 1. The van der Waals surface area contributed by atoms with Gasteiger partial charge in [0.2, 0.25) is 0 Å². The number of fused-ring (bicyclic) bond motifs is 3. The summed E-state index contributed by atoms with van der Waals surface area (Å²) in [4.78, 5) is 30.1. The number of benzene rings is 2. The zero-order valence-electron chi connectivity index (χ0n) is 22.4. The van der Waals surface area contributed by atoms with Crippen molar-refractivity contribution in [1.82, 2.24) is 15.1 Å². The second-order valence-corrected chi connectivity index (χ2v) is 10.4. The molecule has 1 heterocycles. The van der Waals surface area contributed by atoms with Gasteiger partial charge in [-0.3, -0.25) is 4.79 Å². The van der Waals surface area contributed by atoms with Gasteiger partial charge in [0.05, 0.1) is 25.4 Å². The quantitative estimate of drug-likeness (QED) is 0.623. The molecule has 0 aliphatic carbocycles. The van der Waals surface area contributed by atoms with Crippen LogP contribution in [0.25, 0.3) is 11.1 Å². The summed E-state index contributed by atoms with van der Waals surface area (Å²) in [5, 5.41) is 13.0. The van der Waals surface area contributed by atoms with E-state index in [1.165, 1.54) is 0 Å². The molecule has 3 rings (SSSR count). The molecule has 0 unspecified atom stereocenters. The van der Waals surface area contributed by atoms with Crippen LogP contribution in [0.1, 0.15) is 50.5 Å². The van der Waals surface area contributed by atoms with E-state index in [0.717, 1.165) is 16.7 Å². The molecule has 0 saturated carbocycles. The van der Waals surface area contributed by atoms with Gasteiger partial charge in [-0.15, -0.1) is 0 Å². The summed E-state index contributed by atoms with van der Waals surface area (Å²) in [5.41, 5.74) is 3.39. The fourth-order valence-corrected chi connectivity index (χ4v) is 4.38. The van der Waals surface area contributed by atoms with Gasteiger partial charge < -0.3 is 25.0 Å². The fourth-order valence-electron chi connectivity index (χ4n) is 4.38. The normalized spacial score (nSPS) is 20.1. The van der Waals surface area contributed by atoms with Crippen molar-refractivity contribution < 1.29 is 19.4 Å². The first-order valence-electron chi connectivity index (χ1n) is 12.9. The Kier molecular flexibility index (Phi) is 9.51. The molecule has 1 aliphatic rings. The molecule has 0 aromatic heterocycles. The molecule has 4 atom stereocenters. The zero-order valence-corrected chi connectivity index (χ0v) is 22.4. The van der Waals surface area contributed by atoms with E-state index in [9.17, 15) is 14.7 Å². The van der Waals surface area contributed by atoms with Gasteiger partial charge in [0.1, 0.15) is 0 Å². The Bertz CT molecular complexity index is 1040. The lowest BCUT2D eigenvalue weighted by Crippen LogP contribution is -2.50. The molecule has 7 heteroatoms. The van der Waals surface area contributed by atoms with E-state index in [4.69, 9.17) is 4.74 Å². The number of nitrogens with one attached hydrogen (secondary N) is 1. The van der Waals surface area contributed by atoms with Crippen LogP contribution in [0, 0.1) is 11.8 Å². The second kappa shape index (κ2) is 12.4. The topological polar surface area (TPSA) is 82.1 Å². The van der Waals surface area contributed by atoms with Crippen LogP contribution in [0.15, 0.2) is 48.5 Å². The highest BCUT2D eigenvalue weighted by molar-refractivity contribution is 6.01. The summed E-state index contributed by atoms with van der Waals surface area (Å²) in [6.45, 7) is 11.0. The minimum atomic E-state index is -0.363. The van der Waals surface area contributed by atoms with Gasteiger partial charge in [-0.25, -0.2) is 4.79 Å². The van der Waals surface area contributed by atoms with E-state index >= 15 is 0 Å². The molecular weight excluding hydrogens is 454 g/mol. The molecule has 2 N–H and O–H groups in total. The highest BCUT2D eigenvalue weighted by atomic mass is 16.5. The molecule has 1 aliphatic heterocycles. The summed E-state index contributed by atoms with van der Waals surface area (Å²) < 4.78 is 6.48. The molecule has 7 nitrogen and oxygen atoms in total. The van der Waals surface area contributed by atoms with Crippen LogP contribution in [0.4, 0.5) is 4.79 Å². The Morgan fingerprint density at radius 2 is 1.69 bits per heavy atom. The maximum absolute atomic E-state index is 13.8. The number of carbonyl (C=O) groups excluding carboxylic acids is 2. The number of hydrogen-bond acceptors (Lipinski definition) is 4. The van der Waals surface area contributed by atoms with E-state index in [-0.39, 0.29) is 42.7 Å². The minimum absolute atomic E-state index is 0.0507. The van der Waals surface area contributed by atoms with Crippen LogP contribution in [-0.2, 0) is 11.3 Å². The van der Waals surface area contributed by atoms with Crippen molar-refractivity contribution in [1.29, 1.82) is 0 Å². The molecule has 0 saturated heterocycles. The third kappa shape index (κ3) is 6.45. The van der Waals surface area contributed by atoms with Crippen molar-refractivity contribution >= 4 is 11.9 Å². The summed E-state index contributed by atoms with van der Waals surface area (Å²) in [6.07, 6.45) is -0.314. The van der Waals surface area contributed by atoms with Crippen LogP contribution >= 0.6 is 0 Å². The molecule has 36 heavy (non-hydrogen) atoms. The van der Waals surface area contributed by atoms with Crippen molar-refractivity contribution in [2.24, 2.45) is 11.8 Å².